The molecule has 0 spiro atoms. The second kappa shape index (κ2) is 23.7. The molecule has 0 saturated heterocycles. The number of ketones is 1. The molecule has 1 N–H and O–H groups in total. The molecule has 1 fully saturated rings. The summed E-state index contributed by atoms with van der Waals surface area (Å²) in [6.07, 6.45) is 6.17. The normalized spacial score (nSPS) is 17.4. The van der Waals surface area contributed by atoms with Crippen LogP contribution in [0.15, 0.2) is 0 Å². The number of Topliss-reactive ketones (excluding diaryl/α,β-unsaturated/α-hetero) is 1. The number of hydrogen-bond acceptors (Lipinski definition) is 11. The van der Waals surface area contributed by atoms with Crippen molar-refractivity contribution in [2.45, 2.75) is 56.8 Å². The highest BCUT2D eigenvalue weighted by atomic mass is 32.2. The predicted octanol–water partition coefficient (Wildman–Crippen LogP) is 2.38. The van der Waals surface area contributed by atoms with Crippen LogP contribution in [0.4, 0.5) is 4.79 Å². The molecule has 1 amide bonds. The van der Waals surface area contributed by atoms with Gasteiger partial charge in [-0.25, -0.2) is 4.79 Å². The SMILES string of the molecule is CSC1CCC(OC(=O)NCCOCCOCCOCCOCCOCCOC(=O)CCC(C)=O)CC1. The average Bonchev–Trinajstić information content (AvgIpc) is 2.89. The molecule has 0 aromatic heterocycles. The fourth-order valence-electron chi connectivity index (χ4n) is 3.35. The molecule has 1 aliphatic carbocycles. The Kier molecular flexibility index (Phi) is 21.5. The highest BCUT2D eigenvalue weighted by Gasteiger charge is 2.23. The zero-order valence-corrected chi connectivity index (χ0v) is 23.2. The van der Waals surface area contributed by atoms with E-state index in [1.807, 2.05) is 11.8 Å². The summed E-state index contributed by atoms with van der Waals surface area (Å²) >= 11 is 1.89. The van der Waals surface area contributed by atoms with Gasteiger partial charge in [0.05, 0.1) is 72.5 Å². The van der Waals surface area contributed by atoms with Crippen LogP contribution in [0.5, 0.6) is 0 Å². The summed E-state index contributed by atoms with van der Waals surface area (Å²) in [6, 6.07) is 0. The lowest BCUT2D eigenvalue weighted by Crippen LogP contribution is -2.33. The first kappa shape index (κ1) is 33.6. The molecule has 12 heteroatoms. The molecule has 0 heterocycles. The topological polar surface area (TPSA) is 128 Å². The van der Waals surface area contributed by atoms with Gasteiger partial charge in [0.25, 0.3) is 0 Å². The minimum Gasteiger partial charge on any atom is -0.463 e. The Balaban J connectivity index is 1.73. The van der Waals surface area contributed by atoms with Gasteiger partial charge in [0.2, 0.25) is 0 Å². The Hall–Kier alpha value is -1.44. The van der Waals surface area contributed by atoms with Crippen molar-refractivity contribution >= 4 is 29.6 Å². The monoisotopic (exact) mass is 551 g/mol. The molecule has 0 aromatic rings. The van der Waals surface area contributed by atoms with Crippen LogP contribution in [0.2, 0.25) is 0 Å². The van der Waals surface area contributed by atoms with E-state index in [-0.39, 0.29) is 44.0 Å². The zero-order chi connectivity index (χ0) is 27.0. The van der Waals surface area contributed by atoms with Crippen molar-refractivity contribution in [1.82, 2.24) is 5.32 Å². The lowest BCUT2D eigenvalue weighted by atomic mass is 9.97. The summed E-state index contributed by atoms with van der Waals surface area (Å²) in [5.41, 5.74) is 0. The number of carbonyl (C=O) groups excluding carboxylic acids is 3. The van der Waals surface area contributed by atoms with Crippen molar-refractivity contribution in [2.75, 3.05) is 85.5 Å². The fourth-order valence-corrected chi connectivity index (χ4v) is 4.09. The number of rotatable bonds is 23. The molecule has 216 valence electrons. The number of thioether (sulfide) groups is 1. The highest BCUT2D eigenvalue weighted by Crippen LogP contribution is 2.28. The van der Waals surface area contributed by atoms with Gasteiger partial charge in [-0.3, -0.25) is 4.79 Å². The van der Waals surface area contributed by atoms with Crippen molar-refractivity contribution in [1.29, 1.82) is 0 Å². The Labute approximate surface area is 224 Å². The lowest BCUT2D eigenvalue weighted by Gasteiger charge is -2.27. The van der Waals surface area contributed by atoms with Crippen LogP contribution in [0, 0.1) is 0 Å². The predicted molar refractivity (Wildman–Crippen MR) is 139 cm³/mol. The van der Waals surface area contributed by atoms with Gasteiger partial charge >= 0.3 is 12.1 Å². The van der Waals surface area contributed by atoms with Crippen LogP contribution in [-0.2, 0) is 42.7 Å². The quantitative estimate of drug-likeness (QED) is 0.148. The maximum Gasteiger partial charge on any atom is 0.407 e. The second-order valence-electron chi connectivity index (χ2n) is 8.45. The van der Waals surface area contributed by atoms with Crippen molar-refractivity contribution < 1.29 is 47.5 Å². The Bertz CT molecular complexity index is 602. The molecule has 37 heavy (non-hydrogen) atoms. The zero-order valence-electron chi connectivity index (χ0n) is 22.4. The standard InChI is InChI=1S/C25H45NO10S/c1-21(27)3-8-24(28)35-20-19-34-18-17-33-16-15-32-14-13-31-12-11-30-10-9-26-25(29)36-22-4-6-23(37-2)7-5-22/h22-23H,3-20H2,1-2H3,(H,26,29). The first-order valence-electron chi connectivity index (χ1n) is 13.0. The summed E-state index contributed by atoms with van der Waals surface area (Å²) in [5.74, 6) is -0.430. The molecule has 11 nitrogen and oxygen atoms in total. The lowest BCUT2D eigenvalue weighted by molar-refractivity contribution is -0.146. The third-order valence-electron chi connectivity index (χ3n) is 5.40. The van der Waals surface area contributed by atoms with Crippen LogP contribution < -0.4 is 5.32 Å². The van der Waals surface area contributed by atoms with Crippen molar-refractivity contribution in [3.8, 4) is 0 Å². The van der Waals surface area contributed by atoms with Crippen molar-refractivity contribution in [3.05, 3.63) is 0 Å². The fraction of sp³-hybridized carbons (Fsp3) is 0.880. The number of alkyl carbamates (subject to hydrolysis) is 1. The molecule has 1 saturated carbocycles. The smallest absolute Gasteiger partial charge is 0.407 e. The molecular formula is C25H45NO10S. The van der Waals surface area contributed by atoms with E-state index in [0.29, 0.717) is 71.3 Å². The largest absolute Gasteiger partial charge is 0.463 e. The molecule has 1 aliphatic rings. The van der Waals surface area contributed by atoms with Crippen LogP contribution in [-0.4, -0.2) is 115 Å². The number of nitrogens with one attached hydrogen (secondary N) is 1. The van der Waals surface area contributed by atoms with Gasteiger partial charge in [-0.15, -0.1) is 0 Å². The molecule has 1 rings (SSSR count). The summed E-state index contributed by atoms with van der Waals surface area (Å²) in [4.78, 5) is 33.9. The first-order chi connectivity index (χ1) is 18.0. The number of esters is 1. The molecule has 0 aliphatic heterocycles. The van der Waals surface area contributed by atoms with Gasteiger partial charge in [-0.2, -0.15) is 11.8 Å². The van der Waals surface area contributed by atoms with Gasteiger partial charge in [0.15, 0.2) is 0 Å². The number of hydrogen-bond donors (Lipinski definition) is 1. The second-order valence-corrected chi connectivity index (χ2v) is 9.59. The molecule has 0 atom stereocenters. The van der Waals surface area contributed by atoms with Crippen LogP contribution in [0.1, 0.15) is 45.4 Å². The van der Waals surface area contributed by atoms with Gasteiger partial charge in [-0.1, -0.05) is 0 Å². The molecule has 0 bridgehead atoms. The maximum absolute atomic E-state index is 11.8. The minimum atomic E-state index is -0.394. The first-order valence-corrected chi connectivity index (χ1v) is 14.3. The molecule has 0 radical (unpaired) electrons. The van der Waals surface area contributed by atoms with Gasteiger partial charge < -0.3 is 43.3 Å². The van der Waals surface area contributed by atoms with E-state index in [0.717, 1.165) is 25.7 Å². The Morgan fingerprint density at radius 3 is 1.68 bits per heavy atom. The number of amides is 1. The Morgan fingerprint density at radius 1 is 0.703 bits per heavy atom. The molecule has 0 unspecified atom stereocenters. The third-order valence-corrected chi connectivity index (χ3v) is 6.54. The van der Waals surface area contributed by atoms with Gasteiger partial charge in [-0.05, 0) is 38.9 Å². The van der Waals surface area contributed by atoms with E-state index in [1.165, 1.54) is 6.92 Å². The van der Waals surface area contributed by atoms with E-state index in [9.17, 15) is 14.4 Å². The third kappa shape index (κ3) is 21.2. The van der Waals surface area contributed by atoms with E-state index < -0.39 is 5.97 Å². The van der Waals surface area contributed by atoms with Crippen molar-refractivity contribution in [3.63, 3.8) is 0 Å². The van der Waals surface area contributed by atoms with E-state index in [2.05, 4.69) is 11.6 Å². The minimum absolute atomic E-state index is 0.0288. The summed E-state index contributed by atoms with van der Waals surface area (Å²) in [6.45, 7) is 6.22. The maximum atomic E-state index is 11.8. The van der Waals surface area contributed by atoms with E-state index >= 15 is 0 Å². The molecular weight excluding hydrogens is 506 g/mol. The number of ether oxygens (including phenoxy) is 7. The van der Waals surface area contributed by atoms with Crippen LogP contribution >= 0.6 is 11.8 Å². The van der Waals surface area contributed by atoms with Crippen LogP contribution in [0.25, 0.3) is 0 Å². The van der Waals surface area contributed by atoms with Crippen molar-refractivity contribution in [2.24, 2.45) is 0 Å². The van der Waals surface area contributed by atoms with Crippen LogP contribution in [0.3, 0.4) is 0 Å². The Morgan fingerprint density at radius 2 is 1.19 bits per heavy atom. The number of carbonyl (C=O) groups is 3. The van der Waals surface area contributed by atoms with E-state index in [1.54, 1.807) is 0 Å². The summed E-state index contributed by atoms with van der Waals surface area (Å²) < 4.78 is 37.3. The summed E-state index contributed by atoms with van der Waals surface area (Å²) in [5, 5.41) is 3.41. The molecule has 0 aromatic carbocycles. The summed E-state index contributed by atoms with van der Waals surface area (Å²) in [7, 11) is 0. The average molecular weight is 552 g/mol. The van der Waals surface area contributed by atoms with Gasteiger partial charge in [0.1, 0.15) is 18.5 Å². The van der Waals surface area contributed by atoms with E-state index in [4.69, 9.17) is 33.2 Å². The van der Waals surface area contributed by atoms with Gasteiger partial charge in [0, 0.05) is 18.2 Å². The highest BCUT2D eigenvalue weighted by molar-refractivity contribution is 7.99.